The second-order valence-electron chi connectivity index (χ2n) is 11.8. The monoisotopic (exact) mass is 752 g/mol. The molecule has 0 fully saturated rings. The SMILES string of the molecule is O=C(CCNC(=O)c1cccc(O)c1O)NCCCN(CCCNC(=O)CCNC(=O)c1cccc(O)c1O)C(=O)CCNC(=O)c1cccc(O)c1O. The Balaban J connectivity index is 1.43. The van der Waals surface area contributed by atoms with Crippen molar-refractivity contribution >= 4 is 35.4 Å². The number of phenols is 6. The highest BCUT2D eigenvalue weighted by Gasteiger charge is 2.18. The zero-order chi connectivity index (χ0) is 39.6. The quantitative estimate of drug-likeness (QED) is 0.0557. The minimum absolute atomic E-state index is 0.0459. The number of para-hydroxylation sites is 3. The minimum atomic E-state index is -0.696. The van der Waals surface area contributed by atoms with Gasteiger partial charge in [0.1, 0.15) is 0 Å². The molecule has 18 heteroatoms. The van der Waals surface area contributed by atoms with Gasteiger partial charge in [0.15, 0.2) is 34.5 Å². The molecule has 0 heterocycles. The Kier molecular flexibility index (Phi) is 16.2. The van der Waals surface area contributed by atoms with Crippen LogP contribution in [0.2, 0.25) is 0 Å². The fraction of sp³-hybridized carbons (Fsp3) is 0.333. The van der Waals surface area contributed by atoms with Gasteiger partial charge in [-0.2, -0.15) is 0 Å². The maximum Gasteiger partial charge on any atom is 0.255 e. The second kappa shape index (κ2) is 21.0. The second-order valence-corrected chi connectivity index (χ2v) is 11.8. The van der Waals surface area contributed by atoms with Gasteiger partial charge < -0.3 is 62.1 Å². The van der Waals surface area contributed by atoms with Gasteiger partial charge in [0, 0.05) is 65.1 Å². The van der Waals surface area contributed by atoms with Crippen LogP contribution >= 0.6 is 0 Å². The van der Waals surface area contributed by atoms with Crippen LogP contribution in [0.3, 0.4) is 0 Å². The van der Waals surface area contributed by atoms with Crippen molar-refractivity contribution in [1.82, 2.24) is 31.5 Å². The maximum absolute atomic E-state index is 13.1. The van der Waals surface area contributed by atoms with Crippen molar-refractivity contribution in [1.29, 1.82) is 0 Å². The lowest BCUT2D eigenvalue weighted by atomic mass is 10.1. The Morgan fingerprint density at radius 2 is 0.778 bits per heavy atom. The number of hydrogen-bond acceptors (Lipinski definition) is 12. The van der Waals surface area contributed by atoms with Gasteiger partial charge in [-0.3, -0.25) is 28.8 Å². The highest BCUT2D eigenvalue weighted by molar-refractivity contribution is 5.99. The molecule has 3 aromatic rings. The fourth-order valence-corrected chi connectivity index (χ4v) is 4.98. The van der Waals surface area contributed by atoms with E-state index in [9.17, 15) is 59.4 Å². The molecule has 0 aromatic heterocycles. The zero-order valence-corrected chi connectivity index (χ0v) is 29.3. The van der Waals surface area contributed by atoms with Crippen molar-refractivity contribution in [2.45, 2.75) is 32.1 Å². The summed E-state index contributed by atoms with van der Waals surface area (Å²) in [5.74, 6) is -6.28. The number of benzene rings is 3. The molecule has 0 aliphatic carbocycles. The van der Waals surface area contributed by atoms with Crippen LogP contribution in [-0.4, -0.2) is 117 Å². The van der Waals surface area contributed by atoms with Crippen LogP contribution in [0.25, 0.3) is 0 Å². The van der Waals surface area contributed by atoms with Gasteiger partial charge in [-0.15, -0.1) is 0 Å². The first kappa shape index (κ1) is 41.7. The summed E-state index contributed by atoms with van der Waals surface area (Å²) < 4.78 is 0. The van der Waals surface area contributed by atoms with E-state index < -0.39 is 52.2 Å². The number of carbonyl (C=O) groups is 6. The highest BCUT2D eigenvalue weighted by atomic mass is 16.3. The van der Waals surface area contributed by atoms with Crippen LogP contribution in [0.15, 0.2) is 54.6 Å². The summed E-state index contributed by atoms with van der Waals surface area (Å²) in [6.45, 7) is 0.590. The first-order chi connectivity index (χ1) is 25.8. The lowest BCUT2D eigenvalue weighted by molar-refractivity contribution is -0.131. The molecule has 54 heavy (non-hydrogen) atoms. The summed E-state index contributed by atoms with van der Waals surface area (Å²) in [7, 11) is 0. The number of nitrogens with zero attached hydrogens (tertiary/aromatic N) is 1. The molecule has 3 rings (SSSR count). The number of carbonyl (C=O) groups excluding carboxylic acids is 6. The van der Waals surface area contributed by atoms with E-state index in [0.717, 1.165) is 0 Å². The Morgan fingerprint density at radius 1 is 0.444 bits per heavy atom. The van der Waals surface area contributed by atoms with E-state index >= 15 is 0 Å². The number of rotatable bonds is 20. The number of nitrogens with one attached hydrogen (secondary N) is 5. The number of phenolic OH excluding ortho intramolecular Hbond substituents is 6. The van der Waals surface area contributed by atoms with Crippen LogP contribution in [0, 0.1) is 0 Å². The predicted octanol–water partition coefficient (Wildman–Crippen LogP) is 0.522. The van der Waals surface area contributed by atoms with Crippen molar-refractivity contribution in [2.75, 3.05) is 45.8 Å². The Morgan fingerprint density at radius 3 is 1.13 bits per heavy atom. The number of hydrogen-bond donors (Lipinski definition) is 11. The van der Waals surface area contributed by atoms with Crippen LogP contribution in [0.5, 0.6) is 34.5 Å². The van der Waals surface area contributed by atoms with Crippen molar-refractivity contribution in [3.63, 3.8) is 0 Å². The average molecular weight is 753 g/mol. The molecule has 0 unspecified atom stereocenters. The first-order valence-electron chi connectivity index (χ1n) is 17.0. The van der Waals surface area contributed by atoms with Gasteiger partial charge in [-0.1, -0.05) is 18.2 Å². The van der Waals surface area contributed by atoms with Gasteiger partial charge in [0.2, 0.25) is 17.7 Å². The molecule has 0 spiro atoms. The van der Waals surface area contributed by atoms with E-state index in [1.54, 1.807) is 0 Å². The Bertz CT molecular complexity index is 1730. The standard InChI is InChI=1S/C36H44N6O12/c43-25-9-1-6-22(31(25)49)34(52)39-17-12-28(46)37-15-4-20-42(30(48)14-19-41-36(54)24-8-3-11-27(45)33(24)51)21-5-16-38-29(47)13-18-40-35(53)23-7-2-10-26(44)32(23)50/h1-3,6-11,43-45,49-51H,4-5,12-21H2,(H,37,46)(H,38,47)(H,39,52)(H,40,53)(H,41,54). The van der Waals surface area contributed by atoms with Crippen LogP contribution in [0.4, 0.5) is 0 Å². The summed E-state index contributed by atoms with van der Waals surface area (Å²) in [5, 5.41) is 71.2. The van der Waals surface area contributed by atoms with Crippen LogP contribution in [0.1, 0.15) is 63.2 Å². The lowest BCUT2D eigenvalue weighted by Gasteiger charge is -2.23. The van der Waals surface area contributed by atoms with Gasteiger partial charge in [0.25, 0.3) is 17.7 Å². The van der Waals surface area contributed by atoms with Crippen molar-refractivity contribution < 1.29 is 59.4 Å². The summed E-state index contributed by atoms with van der Waals surface area (Å²) in [4.78, 5) is 76.2. The third-order valence-corrected chi connectivity index (χ3v) is 7.88. The molecule has 0 saturated carbocycles. The van der Waals surface area contributed by atoms with E-state index in [0.29, 0.717) is 12.8 Å². The van der Waals surface area contributed by atoms with Gasteiger partial charge >= 0.3 is 0 Å². The Labute approximate surface area is 309 Å². The molecule has 18 nitrogen and oxygen atoms in total. The summed E-state index contributed by atoms with van der Waals surface area (Å²) in [6.07, 6.45) is 0.401. The summed E-state index contributed by atoms with van der Waals surface area (Å²) in [6, 6.07) is 11.8. The summed E-state index contributed by atoms with van der Waals surface area (Å²) in [5.41, 5.74) is -0.456. The molecule has 6 amide bonds. The third-order valence-electron chi connectivity index (χ3n) is 7.88. The number of aromatic hydroxyl groups is 6. The molecule has 0 aliphatic rings. The molecule has 0 bridgehead atoms. The smallest absolute Gasteiger partial charge is 0.255 e. The van der Waals surface area contributed by atoms with Gasteiger partial charge in [-0.25, -0.2) is 0 Å². The van der Waals surface area contributed by atoms with Crippen molar-refractivity contribution in [3.8, 4) is 34.5 Å². The number of amides is 6. The van der Waals surface area contributed by atoms with E-state index in [2.05, 4.69) is 26.6 Å². The van der Waals surface area contributed by atoms with Gasteiger partial charge in [-0.05, 0) is 49.2 Å². The van der Waals surface area contributed by atoms with Gasteiger partial charge in [0.05, 0.1) is 16.7 Å². The molecule has 3 aromatic carbocycles. The molecule has 11 N–H and O–H groups in total. The average Bonchev–Trinajstić information content (AvgIpc) is 3.14. The van der Waals surface area contributed by atoms with E-state index in [1.165, 1.54) is 59.5 Å². The lowest BCUT2D eigenvalue weighted by Crippen LogP contribution is -2.39. The molecule has 0 saturated heterocycles. The Hall–Kier alpha value is -6.72. The molecular weight excluding hydrogens is 708 g/mol. The first-order valence-corrected chi connectivity index (χ1v) is 17.0. The fourth-order valence-electron chi connectivity index (χ4n) is 4.98. The summed E-state index contributed by atoms with van der Waals surface area (Å²) >= 11 is 0. The highest BCUT2D eigenvalue weighted by Crippen LogP contribution is 2.29. The molecule has 0 radical (unpaired) electrons. The maximum atomic E-state index is 13.1. The third kappa shape index (κ3) is 12.8. The van der Waals surface area contributed by atoms with Crippen molar-refractivity contribution in [3.05, 3.63) is 71.3 Å². The van der Waals surface area contributed by atoms with E-state index in [1.807, 2.05) is 0 Å². The predicted molar refractivity (Wildman–Crippen MR) is 192 cm³/mol. The van der Waals surface area contributed by atoms with Crippen LogP contribution < -0.4 is 26.6 Å². The van der Waals surface area contributed by atoms with Crippen molar-refractivity contribution in [2.24, 2.45) is 0 Å². The molecule has 0 aliphatic heterocycles. The zero-order valence-electron chi connectivity index (χ0n) is 29.3. The van der Waals surface area contributed by atoms with Crippen LogP contribution in [-0.2, 0) is 14.4 Å². The largest absolute Gasteiger partial charge is 0.504 e. The molecule has 0 atom stereocenters. The van der Waals surface area contributed by atoms with E-state index in [-0.39, 0.29) is 99.5 Å². The normalized spacial score (nSPS) is 10.5. The molecular formula is C36H44N6O12. The topological polar surface area (TPSA) is 287 Å². The van der Waals surface area contributed by atoms with E-state index in [4.69, 9.17) is 0 Å². The minimum Gasteiger partial charge on any atom is -0.504 e. The molecule has 290 valence electrons.